The maximum absolute atomic E-state index is 13.0. The van der Waals surface area contributed by atoms with Crippen LogP contribution in [-0.2, 0) is 19.1 Å². The first-order valence-electron chi connectivity index (χ1n) is 9.65. The summed E-state index contributed by atoms with van der Waals surface area (Å²) >= 11 is 0. The molecule has 8 heteroatoms. The van der Waals surface area contributed by atoms with Crippen LogP contribution in [0.4, 0.5) is 4.79 Å². The van der Waals surface area contributed by atoms with Gasteiger partial charge >= 0.3 is 12.0 Å². The lowest BCUT2D eigenvalue weighted by molar-refractivity contribution is -0.157. The molecule has 150 valence electrons. The molecule has 1 aliphatic heterocycles. The summed E-state index contributed by atoms with van der Waals surface area (Å²) in [6.45, 7) is 7.23. The lowest BCUT2D eigenvalue weighted by atomic mass is 9.64. The molecule has 3 fully saturated rings. The summed E-state index contributed by atoms with van der Waals surface area (Å²) < 4.78 is 5.11. The fourth-order valence-electron chi connectivity index (χ4n) is 4.61. The van der Waals surface area contributed by atoms with Crippen LogP contribution in [0.15, 0.2) is 0 Å². The number of carbonyl (C=O) groups excluding carboxylic acids is 4. The third-order valence-corrected chi connectivity index (χ3v) is 5.51. The van der Waals surface area contributed by atoms with Crippen LogP contribution in [-0.4, -0.2) is 52.9 Å². The molecule has 0 bridgehead atoms. The summed E-state index contributed by atoms with van der Waals surface area (Å²) in [7, 11) is 0. The summed E-state index contributed by atoms with van der Waals surface area (Å²) in [5.41, 5.74) is -1.03. The number of esters is 1. The Labute approximate surface area is 159 Å². The van der Waals surface area contributed by atoms with Crippen LogP contribution in [0.3, 0.4) is 0 Å². The lowest BCUT2D eigenvalue weighted by Gasteiger charge is -2.43. The minimum absolute atomic E-state index is 0.0768. The maximum Gasteiger partial charge on any atom is 0.327 e. The van der Waals surface area contributed by atoms with Crippen molar-refractivity contribution in [2.75, 3.05) is 6.54 Å². The molecule has 2 aliphatic carbocycles. The van der Waals surface area contributed by atoms with Crippen LogP contribution in [0, 0.1) is 11.3 Å². The number of imide groups is 1. The normalized spacial score (nSPS) is 30.8. The van der Waals surface area contributed by atoms with Gasteiger partial charge in [-0.05, 0) is 50.4 Å². The molecular formula is C19H29N3O5. The minimum Gasteiger partial charge on any atom is -0.451 e. The second-order valence-electron chi connectivity index (χ2n) is 9.17. The molecular weight excluding hydrogens is 350 g/mol. The van der Waals surface area contributed by atoms with Crippen molar-refractivity contribution in [3.8, 4) is 0 Å². The molecule has 3 aliphatic rings. The van der Waals surface area contributed by atoms with Crippen molar-refractivity contribution in [2.24, 2.45) is 11.3 Å². The Morgan fingerprint density at radius 2 is 1.96 bits per heavy atom. The van der Waals surface area contributed by atoms with E-state index in [2.05, 4.69) is 31.4 Å². The molecule has 2 saturated carbocycles. The zero-order valence-electron chi connectivity index (χ0n) is 16.5. The quantitative estimate of drug-likeness (QED) is 0.554. The van der Waals surface area contributed by atoms with Crippen LogP contribution in [0.25, 0.3) is 0 Å². The van der Waals surface area contributed by atoms with Crippen molar-refractivity contribution in [1.82, 2.24) is 15.5 Å². The summed E-state index contributed by atoms with van der Waals surface area (Å²) in [6.07, 6.45) is 3.00. The van der Waals surface area contributed by atoms with Crippen molar-refractivity contribution in [2.45, 2.75) is 77.5 Å². The number of nitrogens with zero attached hydrogens (tertiary/aromatic N) is 1. The van der Waals surface area contributed by atoms with E-state index >= 15 is 0 Å². The van der Waals surface area contributed by atoms with Crippen LogP contribution < -0.4 is 10.6 Å². The first-order chi connectivity index (χ1) is 12.5. The Bertz CT molecular complexity index is 672. The van der Waals surface area contributed by atoms with Crippen molar-refractivity contribution in [3.05, 3.63) is 0 Å². The van der Waals surface area contributed by atoms with Gasteiger partial charge in [-0.15, -0.1) is 0 Å². The second-order valence-corrected chi connectivity index (χ2v) is 9.17. The number of hydrogen-bond donors (Lipinski definition) is 2. The molecule has 0 aromatic carbocycles. The first kappa shape index (κ1) is 19.6. The van der Waals surface area contributed by atoms with Gasteiger partial charge in [-0.25, -0.2) is 4.79 Å². The van der Waals surface area contributed by atoms with Gasteiger partial charge in [-0.2, -0.15) is 0 Å². The molecule has 27 heavy (non-hydrogen) atoms. The average Bonchev–Trinajstić information content (AvgIpc) is 3.29. The highest BCUT2D eigenvalue weighted by molar-refractivity contribution is 6.08. The van der Waals surface area contributed by atoms with Gasteiger partial charge in [0.15, 0.2) is 6.10 Å². The topological polar surface area (TPSA) is 105 Å². The standard InChI is InChI=1S/C19H29N3O5/c1-11-7-18(3,4)10-19(8-11)16(25)22(17(26)21-19)9-14(23)27-12(2)15(24)20-13-5-6-13/h11-13H,5-10H2,1-4H3,(H,20,24)(H,21,26)/t11-,12-,19-/m0/s1. The van der Waals surface area contributed by atoms with E-state index in [4.69, 9.17) is 4.74 Å². The summed E-state index contributed by atoms with van der Waals surface area (Å²) in [6, 6.07) is -0.405. The van der Waals surface area contributed by atoms with Crippen molar-refractivity contribution >= 4 is 23.8 Å². The Kier molecular flexibility index (Phi) is 4.94. The van der Waals surface area contributed by atoms with E-state index in [0.29, 0.717) is 12.8 Å². The molecule has 0 radical (unpaired) electrons. The Hall–Kier alpha value is -2.12. The van der Waals surface area contributed by atoms with E-state index in [1.165, 1.54) is 6.92 Å². The molecule has 3 rings (SSSR count). The number of urea groups is 1. The molecule has 0 aromatic heterocycles. The lowest BCUT2D eigenvalue weighted by Crippen LogP contribution is -2.54. The number of hydrogen-bond acceptors (Lipinski definition) is 5. The third kappa shape index (κ3) is 4.25. The summed E-state index contributed by atoms with van der Waals surface area (Å²) in [4.78, 5) is 50.4. The van der Waals surface area contributed by atoms with Crippen LogP contribution in [0.5, 0.6) is 0 Å². The molecule has 8 nitrogen and oxygen atoms in total. The zero-order valence-corrected chi connectivity index (χ0v) is 16.5. The second kappa shape index (κ2) is 6.80. The van der Waals surface area contributed by atoms with Crippen LogP contribution in [0.1, 0.15) is 59.8 Å². The van der Waals surface area contributed by atoms with Gasteiger partial charge in [0.1, 0.15) is 12.1 Å². The highest BCUT2D eigenvalue weighted by atomic mass is 16.5. The van der Waals surface area contributed by atoms with Gasteiger partial charge in [-0.1, -0.05) is 20.8 Å². The molecule has 2 N–H and O–H groups in total. The smallest absolute Gasteiger partial charge is 0.327 e. The molecule has 0 unspecified atom stereocenters. The van der Waals surface area contributed by atoms with Crippen molar-refractivity contribution in [3.63, 3.8) is 0 Å². The van der Waals surface area contributed by atoms with E-state index in [1.54, 1.807) is 0 Å². The van der Waals surface area contributed by atoms with E-state index in [-0.39, 0.29) is 29.2 Å². The predicted molar refractivity (Wildman–Crippen MR) is 96.5 cm³/mol. The highest BCUT2D eigenvalue weighted by Crippen LogP contribution is 2.46. The van der Waals surface area contributed by atoms with Crippen LogP contribution in [0.2, 0.25) is 0 Å². The number of nitrogens with one attached hydrogen (secondary N) is 2. The van der Waals surface area contributed by atoms with Gasteiger partial charge in [0.25, 0.3) is 11.8 Å². The molecule has 1 saturated heterocycles. The predicted octanol–water partition coefficient (Wildman–Crippen LogP) is 1.33. The Morgan fingerprint density at radius 3 is 2.56 bits per heavy atom. The van der Waals surface area contributed by atoms with Gasteiger partial charge in [0, 0.05) is 6.04 Å². The fourth-order valence-corrected chi connectivity index (χ4v) is 4.61. The van der Waals surface area contributed by atoms with E-state index in [0.717, 1.165) is 24.2 Å². The number of ether oxygens (including phenoxy) is 1. The largest absolute Gasteiger partial charge is 0.451 e. The molecule has 1 spiro atoms. The average molecular weight is 379 g/mol. The summed E-state index contributed by atoms with van der Waals surface area (Å²) in [5.74, 6) is -1.21. The third-order valence-electron chi connectivity index (χ3n) is 5.51. The van der Waals surface area contributed by atoms with Gasteiger partial charge in [-0.3, -0.25) is 19.3 Å². The van der Waals surface area contributed by atoms with Gasteiger partial charge in [0.2, 0.25) is 0 Å². The molecule has 3 atom stereocenters. The van der Waals surface area contributed by atoms with Crippen LogP contribution >= 0.6 is 0 Å². The Morgan fingerprint density at radius 1 is 1.30 bits per heavy atom. The van der Waals surface area contributed by atoms with Crippen molar-refractivity contribution < 1.29 is 23.9 Å². The zero-order chi connectivity index (χ0) is 20.0. The minimum atomic E-state index is -0.957. The number of amides is 4. The number of carbonyl (C=O) groups is 4. The van der Waals surface area contributed by atoms with Crippen molar-refractivity contribution in [1.29, 1.82) is 0 Å². The highest BCUT2D eigenvalue weighted by Gasteiger charge is 2.56. The first-order valence-corrected chi connectivity index (χ1v) is 9.65. The van der Waals surface area contributed by atoms with E-state index in [9.17, 15) is 19.2 Å². The van der Waals surface area contributed by atoms with Gasteiger partial charge < -0.3 is 15.4 Å². The van der Waals surface area contributed by atoms with E-state index in [1.807, 2.05) is 0 Å². The molecule has 4 amide bonds. The maximum atomic E-state index is 13.0. The number of rotatable bonds is 5. The summed E-state index contributed by atoms with van der Waals surface area (Å²) in [5, 5.41) is 5.58. The molecule has 0 aromatic rings. The Balaban J connectivity index is 1.61. The molecule has 1 heterocycles. The fraction of sp³-hybridized carbons (Fsp3) is 0.789. The van der Waals surface area contributed by atoms with Gasteiger partial charge in [0.05, 0.1) is 0 Å². The monoisotopic (exact) mass is 379 g/mol. The SMILES string of the molecule is C[C@H]1CC(C)(C)C[C@]2(C1)NC(=O)N(CC(=O)O[C@@H](C)C(=O)NC1CC1)C2=O. The van der Waals surface area contributed by atoms with E-state index < -0.39 is 30.2 Å².